The van der Waals surface area contributed by atoms with Crippen molar-refractivity contribution in [2.24, 2.45) is 23.7 Å². The Morgan fingerprint density at radius 3 is 1.93 bits per heavy atom. The van der Waals surface area contributed by atoms with Crippen LogP contribution in [0.2, 0.25) is 0 Å². The number of hydrogen-bond donors (Lipinski definition) is 1. The fourth-order valence-corrected chi connectivity index (χ4v) is 2.33. The van der Waals surface area contributed by atoms with Crippen LogP contribution in [-0.4, -0.2) is 24.8 Å². The zero-order valence-electron chi connectivity index (χ0n) is 9.59. The normalized spacial score (nSPS) is 34.7. The zero-order valence-corrected chi connectivity index (χ0v) is 9.59. The maximum absolute atomic E-state index is 10.6. The molecule has 0 amide bonds. The van der Waals surface area contributed by atoms with Crippen molar-refractivity contribution >= 4 is 12.6 Å². The highest BCUT2D eigenvalue weighted by molar-refractivity contribution is 5.57. The Kier molecular flexibility index (Phi) is 6.88. The Labute approximate surface area is 91.2 Å². The standard InChI is InChI=1S/C9H12O.C2H4O.CH4O/c1-6-7-2-3-8(4-7)9(6)5-10;1-2-3;1-2/h2-3,5-9H,4H2,1H3;2H,1H3;2H,1H3. The number of rotatable bonds is 1. The second-order valence-corrected chi connectivity index (χ2v) is 3.76. The van der Waals surface area contributed by atoms with E-state index in [4.69, 9.17) is 9.90 Å². The monoisotopic (exact) mass is 212 g/mol. The van der Waals surface area contributed by atoms with Gasteiger partial charge >= 0.3 is 0 Å². The van der Waals surface area contributed by atoms with Gasteiger partial charge in [0.05, 0.1) is 0 Å². The molecule has 3 nitrogen and oxygen atoms in total. The van der Waals surface area contributed by atoms with E-state index in [-0.39, 0.29) is 0 Å². The third kappa shape index (κ3) is 3.27. The summed E-state index contributed by atoms with van der Waals surface area (Å²) in [6.07, 6.45) is 7.60. The summed E-state index contributed by atoms with van der Waals surface area (Å²) in [4.78, 5) is 19.4. The Balaban J connectivity index is 0.000000342. The maximum Gasteiger partial charge on any atom is 0.123 e. The fourth-order valence-electron chi connectivity index (χ4n) is 2.33. The van der Waals surface area contributed by atoms with E-state index in [9.17, 15) is 4.79 Å². The zero-order chi connectivity index (χ0) is 11.8. The van der Waals surface area contributed by atoms with E-state index >= 15 is 0 Å². The average Bonchev–Trinajstić information content (AvgIpc) is 2.82. The van der Waals surface area contributed by atoms with Crippen molar-refractivity contribution in [3.05, 3.63) is 12.2 Å². The lowest BCUT2D eigenvalue weighted by Gasteiger charge is -2.18. The second kappa shape index (κ2) is 7.35. The molecule has 3 heteroatoms. The number of aliphatic hydroxyl groups excluding tert-OH is 1. The Morgan fingerprint density at radius 1 is 1.20 bits per heavy atom. The third-order valence-corrected chi connectivity index (χ3v) is 3.08. The third-order valence-electron chi connectivity index (χ3n) is 3.08. The van der Waals surface area contributed by atoms with Crippen molar-refractivity contribution in [3.63, 3.8) is 0 Å². The molecule has 1 fully saturated rings. The molecule has 15 heavy (non-hydrogen) atoms. The highest BCUT2D eigenvalue weighted by Gasteiger charge is 2.41. The molecule has 0 aliphatic heterocycles. The highest BCUT2D eigenvalue weighted by Crippen LogP contribution is 2.46. The van der Waals surface area contributed by atoms with Gasteiger partial charge in [-0.3, -0.25) is 0 Å². The molecule has 2 rings (SSSR count). The van der Waals surface area contributed by atoms with Crippen LogP contribution in [0.4, 0.5) is 0 Å². The van der Waals surface area contributed by atoms with Gasteiger partial charge in [-0.2, -0.15) is 0 Å². The van der Waals surface area contributed by atoms with Crippen LogP contribution in [0.15, 0.2) is 12.2 Å². The topological polar surface area (TPSA) is 54.4 Å². The van der Waals surface area contributed by atoms with Crippen molar-refractivity contribution in [1.29, 1.82) is 0 Å². The van der Waals surface area contributed by atoms with Crippen molar-refractivity contribution in [2.45, 2.75) is 20.3 Å². The van der Waals surface area contributed by atoms with Crippen LogP contribution in [0, 0.1) is 23.7 Å². The molecule has 0 aromatic carbocycles. The predicted molar refractivity (Wildman–Crippen MR) is 59.3 cm³/mol. The van der Waals surface area contributed by atoms with Crippen molar-refractivity contribution in [3.8, 4) is 0 Å². The van der Waals surface area contributed by atoms with Gasteiger partial charge in [-0.05, 0) is 31.1 Å². The lowest BCUT2D eigenvalue weighted by atomic mass is 9.86. The van der Waals surface area contributed by atoms with Gasteiger partial charge in [0, 0.05) is 13.0 Å². The summed E-state index contributed by atoms with van der Waals surface area (Å²) in [5, 5.41) is 7.00. The Bertz CT molecular complexity index is 223. The molecular weight excluding hydrogens is 192 g/mol. The molecule has 0 saturated heterocycles. The van der Waals surface area contributed by atoms with Gasteiger partial charge in [0.15, 0.2) is 0 Å². The van der Waals surface area contributed by atoms with Crippen LogP contribution in [0.3, 0.4) is 0 Å². The van der Waals surface area contributed by atoms with E-state index in [0.29, 0.717) is 23.7 Å². The molecular formula is C12H20O3. The summed E-state index contributed by atoms with van der Waals surface area (Å²) in [5.41, 5.74) is 0. The number of hydrogen-bond acceptors (Lipinski definition) is 3. The first-order valence-electron chi connectivity index (χ1n) is 5.22. The highest BCUT2D eigenvalue weighted by atomic mass is 16.2. The van der Waals surface area contributed by atoms with Crippen molar-refractivity contribution < 1.29 is 14.7 Å². The van der Waals surface area contributed by atoms with Crippen LogP contribution in [0.25, 0.3) is 0 Å². The molecule has 4 unspecified atom stereocenters. The van der Waals surface area contributed by atoms with E-state index in [1.165, 1.54) is 13.3 Å². The molecule has 0 heterocycles. The maximum atomic E-state index is 10.6. The fraction of sp³-hybridized carbons (Fsp3) is 0.667. The molecule has 86 valence electrons. The molecule has 0 spiro atoms. The predicted octanol–water partition coefficient (Wildman–Crippen LogP) is 1.46. The van der Waals surface area contributed by atoms with E-state index in [1.807, 2.05) is 0 Å². The summed E-state index contributed by atoms with van der Waals surface area (Å²) in [7, 11) is 1.00. The molecule has 1 saturated carbocycles. The van der Waals surface area contributed by atoms with E-state index in [2.05, 4.69) is 19.1 Å². The molecule has 2 aliphatic carbocycles. The molecule has 0 radical (unpaired) electrons. The van der Waals surface area contributed by atoms with Gasteiger partial charge in [0.2, 0.25) is 0 Å². The Hall–Kier alpha value is -0.960. The minimum atomic E-state index is 0.329. The molecule has 2 aliphatic rings. The number of carbonyl (C=O) groups is 2. The number of fused-ring (bicyclic) bond motifs is 2. The quantitative estimate of drug-likeness (QED) is 0.529. The summed E-state index contributed by atoms with van der Waals surface area (Å²) in [6.45, 7) is 3.63. The second-order valence-electron chi connectivity index (χ2n) is 3.76. The number of allylic oxidation sites excluding steroid dienone is 2. The SMILES string of the molecule is CC1C2C=CC(C2)C1C=O.CC=O.CO. The summed E-state index contributed by atoms with van der Waals surface area (Å²) < 4.78 is 0. The lowest BCUT2D eigenvalue weighted by molar-refractivity contribution is -0.112. The minimum Gasteiger partial charge on any atom is -0.400 e. The first kappa shape index (κ1) is 14.0. The minimum absolute atomic E-state index is 0.329. The largest absolute Gasteiger partial charge is 0.400 e. The van der Waals surface area contributed by atoms with Crippen molar-refractivity contribution in [1.82, 2.24) is 0 Å². The van der Waals surface area contributed by atoms with Gasteiger partial charge in [-0.1, -0.05) is 19.1 Å². The van der Waals surface area contributed by atoms with Gasteiger partial charge in [0.1, 0.15) is 12.6 Å². The van der Waals surface area contributed by atoms with Gasteiger partial charge in [0.25, 0.3) is 0 Å². The summed E-state index contributed by atoms with van der Waals surface area (Å²) >= 11 is 0. The van der Waals surface area contributed by atoms with Gasteiger partial charge < -0.3 is 14.7 Å². The van der Waals surface area contributed by atoms with Crippen LogP contribution in [0.1, 0.15) is 20.3 Å². The van der Waals surface area contributed by atoms with Gasteiger partial charge in [-0.15, -0.1) is 0 Å². The molecule has 4 atom stereocenters. The first-order valence-corrected chi connectivity index (χ1v) is 5.22. The average molecular weight is 212 g/mol. The Morgan fingerprint density at radius 2 is 1.67 bits per heavy atom. The number of carbonyl (C=O) groups excluding carboxylic acids is 2. The van der Waals surface area contributed by atoms with Gasteiger partial charge in [-0.25, -0.2) is 0 Å². The number of aliphatic hydroxyl groups is 1. The number of aldehydes is 2. The molecule has 1 N–H and O–H groups in total. The first-order chi connectivity index (χ1) is 7.24. The van der Waals surface area contributed by atoms with E-state index in [0.717, 1.165) is 19.7 Å². The van der Waals surface area contributed by atoms with Crippen molar-refractivity contribution in [2.75, 3.05) is 7.11 Å². The lowest BCUT2D eigenvalue weighted by Crippen LogP contribution is -2.17. The molecule has 0 aromatic heterocycles. The van der Waals surface area contributed by atoms with Crippen LogP contribution in [-0.2, 0) is 9.59 Å². The van der Waals surface area contributed by atoms with Crippen LogP contribution in [0.5, 0.6) is 0 Å². The van der Waals surface area contributed by atoms with Crippen LogP contribution < -0.4 is 0 Å². The van der Waals surface area contributed by atoms with E-state index < -0.39 is 0 Å². The molecule has 0 aromatic rings. The smallest absolute Gasteiger partial charge is 0.123 e. The molecule has 2 bridgehead atoms. The van der Waals surface area contributed by atoms with Crippen LogP contribution >= 0.6 is 0 Å². The van der Waals surface area contributed by atoms with E-state index in [1.54, 1.807) is 0 Å². The summed E-state index contributed by atoms with van der Waals surface area (Å²) in [6, 6.07) is 0. The summed E-state index contributed by atoms with van der Waals surface area (Å²) in [5.74, 6) is 2.22.